The molecular formula is C50H96N4O17S2. The van der Waals surface area contributed by atoms with Crippen molar-refractivity contribution in [3.05, 3.63) is 0 Å². The van der Waals surface area contributed by atoms with E-state index in [0.717, 1.165) is 70.6 Å². The lowest BCUT2D eigenvalue weighted by molar-refractivity contribution is -0.138. The Hall–Kier alpha value is -3.03. The highest BCUT2D eigenvalue weighted by Gasteiger charge is 2.21. The van der Waals surface area contributed by atoms with E-state index in [4.69, 9.17) is 52.1 Å². The van der Waals surface area contributed by atoms with Crippen LogP contribution in [0.1, 0.15) is 124 Å². The number of carbonyl (C=O) groups is 5. The second-order valence-electron chi connectivity index (χ2n) is 17.1. The third kappa shape index (κ3) is 50.9. The molecule has 0 saturated carbocycles. The predicted octanol–water partition coefficient (Wildman–Crippen LogP) is 8.01. The van der Waals surface area contributed by atoms with Gasteiger partial charge in [0.25, 0.3) is 0 Å². The number of rotatable bonds is 54. The number of hydrogen-bond donors (Lipinski definition) is 5. The molecular weight excluding hydrogens is 993 g/mol. The highest BCUT2D eigenvalue weighted by atomic mass is 33.1. The summed E-state index contributed by atoms with van der Waals surface area (Å²) in [5.74, 6) is -0.708. The largest absolute Gasteiger partial charge is 0.480 e. The lowest BCUT2D eigenvalue weighted by Gasteiger charge is -2.21. The van der Waals surface area contributed by atoms with E-state index in [2.05, 4.69) is 42.0 Å². The van der Waals surface area contributed by atoms with Crippen LogP contribution in [0.25, 0.3) is 0 Å². The maximum atomic E-state index is 12.4. The van der Waals surface area contributed by atoms with Crippen LogP contribution >= 0.6 is 21.6 Å². The maximum absolute atomic E-state index is 12.4. The summed E-state index contributed by atoms with van der Waals surface area (Å²) in [7, 11) is 2.74. The topological polar surface area (TPSA) is 255 Å². The molecule has 0 fully saturated rings. The molecule has 0 aromatic heterocycles. The van der Waals surface area contributed by atoms with E-state index in [9.17, 15) is 29.1 Å². The van der Waals surface area contributed by atoms with Crippen molar-refractivity contribution in [3.8, 4) is 0 Å². The van der Waals surface area contributed by atoms with Crippen LogP contribution in [-0.4, -0.2) is 192 Å². The summed E-state index contributed by atoms with van der Waals surface area (Å²) < 4.78 is 60.8. The van der Waals surface area contributed by atoms with Crippen molar-refractivity contribution in [2.75, 3.05) is 151 Å². The van der Waals surface area contributed by atoms with E-state index < -0.39 is 36.4 Å². The van der Waals surface area contributed by atoms with Crippen molar-refractivity contribution >= 4 is 51.9 Å². The Morgan fingerprint density at radius 1 is 0.411 bits per heavy atom. The second-order valence-corrected chi connectivity index (χ2v) is 19.7. The zero-order valence-corrected chi connectivity index (χ0v) is 46.5. The average Bonchev–Trinajstić information content (AvgIpc) is 3.37. The molecule has 21 nitrogen and oxygen atoms in total. The highest BCUT2D eigenvalue weighted by Crippen LogP contribution is 2.21. The molecule has 0 bridgehead atoms. The number of unbranched alkanes of at least 4 members (excludes halogenated alkanes) is 5. The van der Waals surface area contributed by atoms with Gasteiger partial charge < -0.3 is 78.5 Å². The summed E-state index contributed by atoms with van der Waals surface area (Å²) in [6, 6.07) is -1.06. The Bertz CT molecular complexity index is 1300. The molecule has 0 aliphatic rings. The fourth-order valence-corrected chi connectivity index (χ4v) is 7.84. The van der Waals surface area contributed by atoms with Crippen molar-refractivity contribution in [2.45, 2.75) is 130 Å². The van der Waals surface area contributed by atoms with Crippen molar-refractivity contribution in [3.63, 3.8) is 0 Å². The van der Waals surface area contributed by atoms with Crippen molar-refractivity contribution in [1.82, 2.24) is 21.3 Å². The minimum Gasteiger partial charge on any atom is -0.480 e. The minimum absolute atomic E-state index is 0.0926. The van der Waals surface area contributed by atoms with E-state index >= 15 is 0 Å². The minimum atomic E-state index is -1.13. The third-order valence-electron chi connectivity index (χ3n) is 10.7. The SMILES string of the molecule is CCCCOCCOCCNC(=O)OCCCCC(CCCOC(=O)NCCOCCOCCCC)COCC(CCCCOC(=O)NCCOCCOCCCC)CCCOC(=O)NC(CSSC)C(=O)O. The molecule has 4 amide bonds. The number of amides is 4. The number of alkyl carbamates (subject to hydrolysis) is 4. The van der Waals surface area contributed by atoms with Crippen molar-refractivity contribution in [1.29, 1.82) is 0 Å². The Balaban J connectivity index is 5.18. The maximum Gasteiger partial charge on any atom is 0.407 e. The van der Waals surface area contributed by atoms with E-state index in [1.165, 1.54) is 21.6 Å². The molecule has 0 heterocycles. The lowest BCUT2D eigenvalue weighted by atomic mass is 9.96. The van der Waals surface area contributed by atoms with E-state index in [-0.39, 0.29) is 44.0 Å². The van der Waals surface area contributed by atoms with Crippen LogP contribution in [0.4, 0.5) is 19.2 Å². The normalized spacial score (nSPS) is 12.4. The van der Waals surface area contributed by atoms with Crippen LogP contribution in [0.5, 0.6) is 0 Å². The molecule has 430 valence electrons. The van der Waals surface area contributed by atoms with Gasteiger partial charge in [-0.1, -0.05) is 61.6 Å². The van der Waals surface area contributed by atoms with Crippen molar-refractivity contribution in [2.24, 2.45) is 11.8 Å². The monoisotopic (exact) mass is 1090 g/mol. The summed E-state index contributed by atoms with van der Waals surface area (Å²) in [5, 5.41) is 20.0. The van der Waals surface area contributed by atoms with Gasteiger partial charge in [-0.2, -0.15) is 0 Å². The molecule has 23 heteroatoms. The van der Waals surface area contributed by atoms with Gasteiger partial charge in [-0.3, -0.25) is 0 Å². The van der Waals surface area contributed by atoms with Gasteiger partial charge in [0.2, 0.25) is 0 Å². The van der Waals surface area contributed by atoms with E-state index in [0.29, 0.717) is 144 Å². The molecule has 0 saturated heterocycles. The van der Waals surface area contributed by atoms with E-state index in [1.807, 2.05) is 6.26 Å². The lowest BCUT2D eigenvalue weighted by Crippen LogP contribution is -2.42. The zero-order chi connectivity index (χ0) is 53.5. The average molecular weight is 1090 g/mol. The first-order valence-corrected chi connectivity index (χ1v) is 29.5. The number of carbonyl (C=O) groups excluding carboxylic acids is 4. The summed E-state index contributed by atoms with van der Waals surface area (Å²) >= 11 is 0. The Labute approximate surface area is 444 Å². The summed E-state index contributed by atoms with van der Waals surface area (Å²) in [5.41, 5.74) is 0. The van der Waals surface area contributed by atoms with Crippen LogP contribution in [-0.2, 0) is 56.9 Å². The van der Waals surface area contributed by atoms with Crippen molar-refractivity contribution < 1.29 is 81.2 Å². The molecule has 0 aromatic rings. The molecule has 5 N–H and O–H groups in total. The van der Waals surface area contributed by atoms with Gasteiger partial charge in [-0.25, -0.2) is 24.0 Å². The van der Waals surface area contributed by atoms with Gasteiger partial charge in [0, 0.05) is 58.4 Å². The molecule has 0 aliphatic heterocycles. The molecule has 3 unspecified atom stereocenters. The fraction of sp³-hybridized carbons (Fsp3) is 0.900. The molecule has 0 aliphatic carbocycles. The standard InChI is InChI=1S/C50H96N4O17S2/c1-5-8-24-61-34-37-64-31-21-51-47(57)68-27-13-11-17-43(19-15-29-70-49(59)53-23-33-66-39-36-63-26-10-7-3)40-67-41-44(20-16-30-71-50(60)54-45(46(55)56)42-73-72-4)18-12-14-28-69-48(58)52-22-32-65-38-35-62-25-9-6-2/h43-45H,5-42H2,1-4H3,(H,51,57)(H,52,58)(H,53,59)(H,54,60)(H,55,56). The summed E-state index contributed by atoms with van der Waals surface area (Å²) in [6.45, 7) is 15.2. The van der Waals surface area contributed by atoms with Crippen LogP contribution in [0.2, 0.25) is 0 Å². The first-order valence-electron chi connectivity index (χ1n) is 26.7. The van der Waals surface area contributed by atoms with Crippen LogP contribution in [0.15, 0.2) is 0 Å². The Morgan fingerprint density at radius 2 is 0.753 bits per heavy atom. The molecule has 0 aromatic carbocycles. The fourth-order valence-electron chi connectivity index (χ4n) is 6.53. The first kappa shape index (κ1) is 70.0. The Kier molecular flexibility index (Phi) is 52.9. The number of aliphatic carboxylic acids is 1. The molecule has 0 spiro atoms. The van der Waals surface area contributed by atoms with Gasteiger partial charge in [0.15, 0.2) is 0 Å². The van der Waals surface area contributed by atoms with Gasteiger partial charge in [-0.05, 0) is 102 Å². The quantitative estimate of drug-likeness (QED) is 0.0220. The van der Waals surface area contributed by atoms with Gasteiger partial charge in [0.05, 0.1) is 85.9 Å². The number of nitrogens with one attached hydrogen (secondary N) is 4. The predicted molar refractivity (Wildman–Crippen MR) is 284 cm³/mol. The van der Waals surface area contributed by atoms with Gasteiger partial charge >= 0.3 is 30.3 Å². The van der Waals surface area contributed by atoms with Crippen LogP contribution < -0.4 is 21.3 Å². The number of ether oxygens (including phenoxy) is 11. The number of hydrogen-bond acceptors (Lipinski definition) is 18. The van der Waals surface area contributed by atoms with Gasteiger partial charge in [0.1, 0.15) is 6.04 Å². The smallest absolute Gasteiger partial charge is 0.407 e. The van der Waals surface area contributed by atoms with E-state index in [1.54, 1.807) is 0 Å². The van der Waals surface area contributed by atoms with Crippen LogP contribution in [0, 0.1) is 11.8 Å². The molecule has 3 atom stereocenters. The Morgan fingerprint density at radius 3 is 1.11 bits per heavy atom. The number of carboxylic acids is 1. The molecule has 73 heavy (non-hydrogen) atoms. The zero-order valence-electron chi connectivity index (χ0n) is 44.9. The second kappa shape index (κ2) is 55.2. The summed E-state index contributed by atoms with van der Waals surface area (Å²) in [4.78, 5) is 60.8. The molecule has 0 radical (unpaired) electrons. The summed E-state index contributed by atoms with van der Waals surface area (Å²) in [6.07, 6.45) is 12.8. The molecule has 0 rings (SSSR count). The highest BCUT2D eigenvalue weighted by molar-refractivity contribution is 8.76. The number of carboxylic acid groups (broad SMARTS) is 1. The first-order chi connectivity index (χ1) is 35.7. The van der Waals surface area contributed by atoms with Crippen LogP contribution in [0.3, 0.4) is 0 Å². The third-order valence-corrected chi connectivity index (χ3v) is 12.5. The van der Waals surface area contributed by atoms with Gasteiger partial charge in [-0.15, -0.1) is 0 Å².